The fourth-order valence-corrected chi connectivity index (χ4v) is 2.99. The van der Waals surface area contributed by atoms with Gasteiger partial charge in [-0.3, -0.25) is 0 Å². The summed E-state index contributed by atoms with van der Waals surface area (Å²) in [5.41, 5.74) is 0.120. The molecule has 0 amide bonds. The van der Waals surface area contributed by atoms with Crippen molar-refractivity contribution in [2.45, 2.75) is 37.4 Å². The smallest absolute Gasteiger partial charge is 0.125 e. The summed E-state index contributed by atoms with van der Waals surface area (Å²) in [4.78, 5) is 4.27. The molecule has 0 bridgehead atoms. The van der Waals surface area contributed by atoms with Gasteiger partial charge in [0.05, 0.1) is 11.7 Å². The topological polar surface area (TPSA) is 46.2 Å². The maximum atomic E-state index is 6.30. The van der Waals surface area contributed by atoms with Crippen molar-refractivity contribution in [2.24, 2.45) is 0 Å². The zero-order valence-corrected chi connectivity index (χ0v) is 10.7. The van der Waals surface area contributed by atoms with E-state index >= 15 is 0 Å². The first kappa shape index (κ1) is 11.9. The van der Waals surface area contributed by atoms with Crippen molar-refractivity contribution in [2.75, 3.05) is 25.0 Å². The van der Waals surface area contributed by atoms with Crippen LogP contribution < -0.4 is 10.6 Å². The fraction of sp³-hybridized carbons (Fsp3) is 0.643. The van der Waals surface area contributed by atoms with Crippen LogP contribution in [0.2, 0.25) is 0 Å². The quantitative estimate of drug-likeness (QED) is 0.855. The maximum absolute atomic E-state index is 6.30. The van der Waals surface area contributed by atoms with Gasteiger partial charge in [-0.05, 0) is 44.4 Å². The lowest BCUT2D eigenvalue weighted by Crippen LogP contribution is -2.44. The number of nitrogens with one attached hydrogen (secondary N) is 2. The number of hydrogen-bond acceptors (Lipinski definition) is 4. The molecule has 1 aromatic rings. The van der Waals surface area contributed by atoms with Gasteiger partial charge in [0.15, 0.2) is 0 Å². The summed E-state index contributed by atoms with van der Waals surface area (Å²) in [6.45, 7) is 2.98. The second-order valence-corrected chi connectivity index (χ2v) is 5.34. The number of ether oxygens (including phenoxy) is 1. The molecule has 2 N–H and O–H groups in total. The Morgan fingerprint density at radius 2 is 2.44 bits per heavy atom. The molecule has 1 spiro atoms. The van der Waals surface area contributed by atoms with Crippen molar-refractivity contribution in [3.8, 4) is 0 Å². The van der Waals surface area contributed by atoms with E-state index in [0.29, 0.717) is 6.10 Å². The number of rotatable bonds is 3. The van der Waals surface area contributed by atoms with E-state index in [1.807, 2.05) is 24.4 Å². The average molecular weight is 247 g/mol. The highest BCUT2D eigenvalue weighted by molar-refractivity contribution is 5.33. The van der Waals surface area contributed by atoms with Gasteiger partial charge in [-0.1, -0.05) is 6.07 Å². The predicted molar refractivity (Wildman–Crippen MR) is 71.7 cm³/mol. The highest BCUT2D eigenvalue weighted by atomic mass is 16.5. The normalized spacial score (nSPS) is 31.7. The Kier molecular flexibility index (Phi) is 3.48. The molecule has 2 saturated heterocycles. The Balaban J connectivity index is 1.54. The molecular weight excluding hydrogens is 226 g/mol. The first-order valence-corrected chi connectivity index (χ1v) is 6.90. The summed E-state index contributed by atoms with van der Waals surface area (Å²) < 4.78 is 6.30. The number of pyridine rings is 1. The largest absolute Gasteiger partial charge is 0.369 e. The van der Waals surface area contributed by atoms with Crippen molar-refractivity contribution < 1.29 is 4.74 Å². The van der Waals surface area contributed by atoms with Crippen LogP contribution in [0.1, 0.15) is 25.7 Å². The molecule has 18 heavy (non-hydrogen) atoms. The summed E-state index contributed by atoms with van der Waals surface area (Å²) in [5, 5.41) is 6.78. The lowest BCUT2D eigenvalue weighted by molar-refractivity contribution is -0.110. The molecule has 1 aromatic heterocycles. The molecule has 4 heteroatoms. The van der Waals surface area contributed by atoms with Crippen molar-refractivity contribution >= 4 is 5.82 Å². The molecule has 0 aromatic carbocycles. The van der Waals surface area contributed by atoms with E-state index in [-0.39, 0.29) is 5.60 Å². The van der Waals surface area contributed by atoms with Gasteiger partial charge >= 0.3 is 0 Å². The number of aromatic nitrogens is 1. The zero-order valence-electron chi connectivity index (χ0n) is 10.7. The molecule has 2 aliphatic heterocycles. The molecule has 0 aliphatic carbocycles. The van der Waals surface area contributed by atoms with Gasteiger partial charge in [0.2, 0.25) is 0 Å². The molecule has 2 atom stereocenters. The third-order valence-electron chi connectivity index (χ3n) is 3.96. The third kappa shape index (κ3) is 2.65. The average Bonchev–Trinajstić information content (AvgIpc) is 2.86. The van der Waals surface area contributed by atoms with Crippen LogP contribution >= 0.6 is 0 Å². The summed E-state index contributed by atoms with van der Waals surface area (Å²) in [7, 11) is 0. The minimum Gasteiger partial charge on any atom is -0.369 e. The van der Waals surface area contributed by atoms with E-state index in [0.717, 1.165) is 38.3 Å². The van der Waals surface area contributed by atoms with Gasteiger partial charge in [-0.25, -0.2) is 4.98 Å². The third-order valence-corrected chi connectivity index (χ3v) is 3.96. The molecule has 3 rings (SSSR count). The van der Waals surface area contributed by atoms with E-state index < -0.39 is 0 Å². The summed E-state index contributed by atoms with van der Waals surface area (Å²) in [5.74, 6) is 0.935. The SMILES string of the molecule is c1ccc(NC[C@H]2CCC[C@@]3(CCNC3)O2)nc1. The Hall–Kier alpha value is -1.13. The van der Waals surface area contributed by atoms with Gasteiger partial charge < -0.3 is 15.4 Å². The number of hydrogen-bond donors (Lipinski definition) is 2. The molecule has 3 heterocycles. The maximum Gasteiger partial charge on any atom is 0.125 e. The van der Waals surface area contributed by atoms with Crippen LogP contribution in [0.5, 0.6) is 0 Å². The predicted octanol–water partition coefficient (Wildman–Crippen LogP) is 1.79. The van der Waals surface area contributed by atoms with E-state index in [1.165, 1.54) is 12.8 Å². The first-order chi connectivity index (χ1) is 8.86. The molecular formula is C14H21N3O. The fourth-order valence-electron chi connectivity index (χ4n) is 2.99. The standard InChI is InChI=1S/C14H21N3O/c1-2-8-16-13(5-1)17-10-12-4-3-6-14(18-12)7-9-15-11-14/h1-2,5,8,12,15H,3-4,6-7,9-11H2,(H,16,17)/t12-,14+/m1/s1. The second-order valence-electron chi connectivity index (χ2n) is 5.34. The Labute approximate surface area is 108 Å². The summed E-state index contributed by atoms with van der Waals surface area (Å²) in [6.07, 6.45) is 6.93. The van der Waals surface area contributed by atoms with Gasteiger partial charge in [0.1, 0.15) is 5.82 Å². The molecule has 0 unspecified atom stereocenters. The molecule has 0 saturated carbocycles. The molecule has 2 fully saturated rings. The van der Waals surface area contributed by atoms with Crippen LogP contribution in [-0.4, -0.2) is 36.3 Å². The van der Waals surface area contributed by atoms with Crippen molar-refractivity contribution in [3.05, 3.63) is 24.4 Å². The van der Waals surface area contributed by atoms with E-state index in [1.54, 1.807) is 0 Å². The van der Waals surface area contributed by atoms with E-state index in [9.17, 15) is 0 Å². The van der Waals surface area contributed by atoms with Gasteiger partial charge in [0, 0.05) is 19.3 Å². The molecule has 4 nitrogen and oxygen atoms in total. The van der Waals surface area contributed by atoms with Gasteiger partial charge in [-0.15, -0.1) is 0 Å². The lowest BCUT2D eigenvalue weighted by Gasteiger charge is -2.38. The van der Waals surface area contributed by atoms with Crippen LogP contribution in [0.4, 0.5) is 5.82 Å². The summed E-state index contributed by atoms with van der Waals surface area (Å²) in [6, 6.07) is 5.93. The van der Waals surface area contributed by atoms with Crippen LogP contribution in [0.3, 0.4) is 0 Å². The minimum atomic E-state index is 0.120. The van der Waals surface area contributed by atoms with Crippen LogP contribution in [-0.2, 0) is 4.74 Å². The number of nitrogens with zero attached hydrogens (tertiary/aromatic N) is 1. The Bertz CT molecular complexity index is 376. The van der Waals surface area contributed by atoms with Crippen molar-refractivity contribution in [1.82, 2.24) is 10.3 Å². The Morgan fingerprint density at radius 1 is 1.44 bits per heavy atom. The van der Waals surface area contributed by atoms with Crippen LogP contribution in [0, 0.1) is 0 Å². The second kappa shape index (κ2) is 5.24. The molecule has 98 valence electrons. The molecule has 0 radical (unpaired) electrons. The lowest BCUT2D eigenvalue weighted by atomic mass is 9.90. The molecule has 2 aliphatic rings. The van der Waals surface area contributed by atoms with Crippen molar-refractivity contribution in [1.29, 1.82) is 0 Å². The van der Waals surface area contributed by atoms with Crippen LogP contribution in [0.15, 0.2) is 24.4 Å². The summed E-state index contributed by atoms with van der Waals surface area (Å²) >= 11 is 0. The minimum absolute atomic E-state index is 0.120. The zero-order chi connectivity index (χ0) is 12.3. The van der Waals surface area contributed by atoms with E-state index in [4.69, 9.17) is 4.74 Å². The first-order valence-electron chi connectivity index (χ1n) is 6.90. The monoisotopic (exact) mass is 247 g/mol. The van der Waals surface area contributed by atoms with E-state index in [2.05, 4.69) is 15.6 Å². The highest BCUT2D eigenvalue weighted by Gasteiger charge is 2.39. The van der Waals surface area contributed by atoms with Crippen molar-refractivity contribution in [3.63, 3.8) is 0 Å². The van der Waals surface area contributed by atoms with Gasteiger partial charge in [-0.2, -0.15) is 0 Å². The Morgan fingerprint density at radius 3 is 3.22 bits per heavy atom. The van der Waals surface area contributed by atoms with Crippen LogP contribution in [0.25, 0.3) is 0 Å². The highest BCUT2D eigenvalue weighted by Crippen LogP contribution is 2.33. The number of anilines is 1. The van der Waals surface area contributed by atoms with Gasteiger partial charge in [0.25, 0.3) is 0 Å².